The van der Waals surface area contributed by atoms with E-state index in [0.717, 1.165) is 0 Å². The maximum Gasteiger partial charge on any atom is 0.0459 e. The average molecular weight is 243 g/mol. The first-order chi connectivity index (χ1) is 7.85. The van der Waals surface area contributed by atoms with E-state index in [1.165, 1.54) is 45.1 Å². The smallest absolute Gasteiger partial charge is 0.0459 e. The zero-order chi connectivity index (χ0) is 13.3. The Hall–Kier alpha value is -0.0800. The van der Waals surface area contributed by atoms with Gasteiger partial charge in [0.25, 0.3) is 0 Å². The van der Waals surface area contributed by atoms with Gasteiger partial charge in [0.2, 0.25) is 0 Å². The fourth-order valence-electron chi connectivity index (χ4n) is 2.00. The lowest BCUT2D eigenvalue weighted by molar-refractivity contribution is 0.190. The van der Waals surface area contributed by atoms with Gasteiger partial charge in [-0.25, -0.2) is 0 Å². The van der Waals surface area contributed by atoms with E-state index in [0.29, 0.717) is 17.9 Å². The first kappa shape index (κ1) is 16.9. The number of rotatable bonds is 9. The summed E-state index contributed by atoms with van der Waals surface area (Å²) in [6, 6.07) is 0. The minimum atomic E-state index is 0.365. The summed E-state index contributed by atoms with van der Waals surface area (Å²) in [7, 11) is 4.25. The predicted octanol–water partition coefficient (Wildman–Crippen LogP) is 3.54. The number of hydrogen-bond acceptors (Lipinski definition) is 2. The van der Waals surface area contributed by atoms with Crippen LogP contribution in [0.25, 0.3) is 0 Å². The van der Waals surface area contributed by atoms with Crippen molar-refractivity contribution in [1.82, 2.24) is 4.90 Å². The lowest BCUT2D eigenvalue weighted by Gasteiger charge is -2.22. The molecule has 0 aliphatic heterocycles. The van der Waals surface area contributed by atoms with Crippen molar-refractivity contribution in [3.8, 4) is 0 Å². The lowest BCUT2D eigenvalue weighted by Crippen LogP contribution is -2.14. The highest BCUT2D eigenvalue weighted by molar-refractivity contribution is 4.66. The molecule has 0 heterocycles. The van der Waals surface area contributed by atoms with Crippen LogP contribution in [0.15, 0.2) is 0 Å². The van der Waals surface area contributed by atoms with Crippen molar-refractivity contribution in [2.24, 2.45) is 11.3 Å². The summed E-state index contributed by atoms with van der Waals surface area (Å²) >= 11 is 0. The van der Waals surface area contributed by atoms with Crippen molar-refractivity contribution in [3.05, 3.63) is 0 Å². The van der Waals surface area contributed by atoms with Gasteiger partial charge in [0, 0.05) is 6.61 Å². The number of unbranched alkanes of at least 4 members (excludes halogenated alkanes) is 2. The van der Waals surface area contributed by atoms with E-state index in [9.17, 15) is 5.11 Å². The molecule has 0 aromatic rings. The van der Waals surface area contributed by atoms with Crippen LogP contribution in [0.2, 0.25) is 0 Å². The van der Waals surface area contributed by atoms with Gasteiger partial charge in [-0.05, 0) is 57.7 Å². The standard InChI is InChI=1S/C15H33NO/c1-15(2,3)11-10-14(13-17)9-7-6-8-12-16(4)5/h14,17H,6-13H2,1-5H3/t14-/m1/s1. The van der Waals surface area contributed by atoms with E-state index in [2.05, 4.69) is 39.8 Å². The Morgan fingerprint density at radius 2 is 1.65 bits per heavy atom. The first-order valence-electron chi connectivity index (χ1n) is 7.11. The maximum absolute atomic E-state index is 9.36. The Kier molecular flexibility index (Phi) is 8.89. The van der Waals surface area contributed by atoms with Crippen molar-refractivity contribution in [2.75, 3.05) is 27.2 Å². The number of aliphatic hydroxyl groups excluding tert-OH is 1. The molecule has 0 saturated heterocycles. The molecule has 0 rings (SSSR count). The molecule has 0 radical (unpaired) electrons. The minimum absolute atomic E-state index is 0.365. The molecule has 1 N–H and O–H groups in total. The van der Waals surface area contributed by atoms with E-state index in [1.54, 1.807) is 0 Å². The van der Waals surface area contributed by atoms with Crippen LogP contribution in [0, 0.1) is 11.3 Å². The Morgan fingerprint density at radius 1 is 1.00 bits per heavy atom. The van der Waals surface area contributed by atoms with E-state index in [4.69, 9.17) is 0 Å². The Morgan fingerprint density at radius 3 is 2.12 bits per heavy atom. The molecule has 0 fully saturated rings. The zero-order valence-corrected chi connectivity index (χ0v) is 12.6. The first-order valence-corrected chi connectivity index (χ1v) is 7.11. The molecule has 2 heteroatoms. The summed E-state index contributed by atoms with van der Waals surface area (Å²) in [5, 5.41) is 9.36. The van der Waals surface area contributed by atoms with Gasteiger partial charge in [-0.1, -0.05) is 33.6 Å². The van der Waals surface area contributed by atoms with E-state index >= 15 is 0 Å². The van der Waals surface area contributed by atoms with Crippen LogP contribution < -0.4 is 0 Å². The SMILES string of the molecule is CN(C)CCCCC[C@@H](CO)CCC(C)(C)C. The molecular formula is C15H33NO. The van der Waals surface area contributed by atoms with Gasteiger partial charge in [-0.3, -0.25) is 0 Å². The number of hydrogen-bond donors (Lipinski definition) is 1. The van der Waals surface area contributed by atoms with Crippen LogP contribution in [0.1, 0.15) is 59.3 Å². The fourth-order valence-corrected chi connectivity index (χ4v) is 2.00. The average Bonchev–Trinajstić information content (AvgIpc) is 2.20. The van der Waals surface area contributed by atoms with E-state index < -0.39 is 0 Å². The number of nitrogens with zero attached hydrogens (tertiary/aromatic N) is 1. The zero-order valence-electron chi connectivity index (χ0n) is 12.6. The van der Waals surface area contributed by atoms with Crippen molar-refractivity contribution < 1.29 is 5.11 Å². The molecule has 1 atom stereocenters. The Labute approximate surface area is 108 Å². The summed E-state index contributed by atoms with van der Waals surface area (Å²) in [4.78, 5) is 2.24. The van der Waals surface area contributed by atoms with Crippen LogP contribution in [0.4, 0.5) is 0 Å². The van der Waals surface area contributed by atoms with Crippen molar-refractivity contribution in [2.45, 2.75) is 59.3 Å². The second-order valence-corrected chi connectivity index (χ2v) is 6.80. The molecule has 0 aliphatic carbocycles. The Balaban J connectivity index is 3.55. The predicted molar refractivity (Wildman–Crippen MR) is 76.3 cm³/mol. The molecular weight excluding hydrogens is 210 g/mol. The van der Waals surface area contributed by atoms with Gasteiger partial charge >= 0.3 is 0 Å². The molecule has 0 amide bonds. The second kappa shape index (κ2) is 8.93. The Bertz CT molecular complexity index is 172. The molecule has 0 unspecified atom stereocenters. The van der Waals surface area contributed by atoms with Crippen molar-refractivity contribution in [1.29, 1.82) is 0 Å². The van der Waals surface area contributed by atoms with Gasteiger partial charge in [0.1, 0.15) is 0 Å². The summed E-state index contributed by atoms with van der Waals surface area (Å²) in [6.45, 7) is 8.38. The molecule has 2 nitrogen and oxygen atoms in total. The van der Waals surface area contributed by atoms with Crippen LogP contribution in [0.5, 0.6) is 0 Å². The van der Waals surface area contributed by atoms with E-state index in [1.807, 2.05) is 0 Å². The monoisotopic (exact) mass is 243 g/mol. The minimum Gasteiger partial charge on any atom is -0.396 e. The topological polar surface area (TPSA) is 23.5 Å². The quantitative estimate of drug-likeness (QED) is 0.626. The fraction of sp³-hybridized carbons (Fsp3) is 1.00. The van der Waals surface area contributed by atoms with Gasteiger partial charge in [-0.2, -0.15) is 0 Å². The summed E-state index contributed by atoms with van der Waals surface area (Å²) in [5.74, 6) is 0.522. The van der Waals surface area contributed by atoms with Crippen molar-refractivity contribution in [3.63, 3.8) is 0 Å². The summed E-state index contributed by atoms with van der Waals surface area (Å²) in [6.07, 6.45) is 7.43. The molecule has 0 bridgehead atoms. The summed E-state index contributed by atoms with van der Waals surface area (Å²) in [5.41, 5.74) is 0.401. The molecule has 0 spiro atoms. The molecule has 17 heavy (non-hydrogen) atoms. The van der Waals surface area contributed by atoms with Crippen molar-refractivity contribution >= 4 is 0 Å². The van der Waals surface area contributed by atoms with E-state index in [-0.39, 0.29) is 0 Å². The third-order valence-electron chi connectivity index (χ3n) is 3.28. The lowest BCUT2D eigenvalue weighted by atomic mass is 9.85. The second-order valence-electron chi connectivity index (χ2n) is 6.80. The highest BCUT2D eigenvalue weighted by Gasteiger charge is 2.14. The third-order valence-corrected chi connectivity index (χ3v) is 3.28. The molecule has 0 aromatic carbocycles. The van der Waals surface area contributed by atoms with Gasteiger partial charge < -0.3 is 10.0 Å². The van der Waals surface area contributed by atoms with Gasteiger partial charge in [0.15, 0.2) is 0 Å². The summed E-state index contributed by atoms with van der Waals surface area (Å²) < 4.78 is 0. The molecule has 0 aliphatic rings. The molecule has 0 saturated carbocycles. The molecule has 104 valence electrons. The number of aliphatic hydroxyl groups is 1. The van der Waals surface area contributed by atoms with Gasteiger partial charge in [0.05, 0.1) is 0 Å². The normalized spacial score (nSPS) is 14.3. The van der Waals surface area contributed by atoms with Crippen LogP contribution >= 0.6 is 0 Å². The van der Waals surface area contributed by atoms with Gasteiger partial charge in [-0.15, -0.1) is 0 Å². The highest BCUT2D eigenvalue weighted by atomic mass is 16.3. The largest absolute Gasteiger partial charge is 0.396 e. The third kappa shape index (κ3) is 12.2. The highest BCUT2D eigenvalue weighted by Crippen LogP contribution is 2.25. The molecule has 0 aromatic heterocycles. The van der Waals surface area contributed by atoms with Crippen LogP contribution in [0.3, 0.4) is 0 Å². The maximum atomic E-state index is 9.36. The van der Waals surface area contributed by atoms with Crippen LogP contribution in [-0.4, -0.2) is 37.3 Å². The van der Waals surface area contributed by atoms with Crippen LogP contribution in [-0.2, 0) is 0 Å².